The van der Waals surface area contributed by atoms with Crippen LogP contribution in [0.3, 0.4) is 0 Å². The van der Waals surface area contributed by atoms with Crippen molar-refractivity contribution in [3.05, 3.63) is 0 Å². The summed E-state index contributed by atoms with van der Waals surface area (Å²) >= 11 is 3.00. The third kappa shape index (κ3) is 13.5. The van der Waals surface area contributed by atoms with Gasteiger partial charge in [0, 0.05) is 19.5 Å². The minimum absolute atomic E-state index is 0.177. The first-order chi connectivity index (χ1) is 12.0. The summed E-state index contributed by atoms with van der Waals surface area (Å²) < 4.78 is 5.04. The van der Waals surface area contributed by atoms with E-state index < -0.39 is 23.7 Å². The molecule has 0 unspecified atom stereocenters. The largest absolute Gasteiger partial charge is 0.480 e. The number of alkyl halides is 1. The highest BCUT2D eigenvalue weighted by Crippen LogP contribution is 2.08. The molecule has 0 saturated carbocycles. The summed E-state index contributed by atoms with van der Waals surface area (Å²) in [5, 5.41) is 16.9. The molecule has 0 fully saturated rings. The van der Waals surface area contributed by atoms with Crippen LogP contribution in [0.15, 0.2) is 0 Å². The molecule has 0 heterocycles. The van der Waals surface area contributed by atoms with E-state index in [1.54, 1.807) is 20.8 Å². The van der Waals surface area contributed by atoms with Gasteiger partial charge in [-0.25, -0.2) is 9.59 Å². The molecule has 10 heteroatoms. The number of rotatable bonds is 11. The van der Waals surface area contributed by atoms with Gasteiger partial charge >= 0.3 is 12.1 Å². The first-order valence-corrected chi connectivity index (χ1v) is 9.49. The predicted molar refractivity (Wildman–Crippen MR) is 99.1 cm³/mol. The number of carboxylic acids is 1. The van der Waals surface area contributed by atoms with Crippen LogP contribution in [0.5, 0.6) is 0 Å². The highest BCUT2D eigenvalue weighted by Gasteiger charge is 2.23. The lowest BCUT2D eigenvalue weighted by atomic mass is 10.1. The Morgan fingerprint density at radius 1 is 1.04 bits per heavy atom. The lowest BCUT2D eigenvalue weighted by molar-refractivity contribution is -0.139. The molecule has 0 aliphatic carbocycles. The van der Waals surface area contributed by atoms with Crippen molar-refractivity contribution in [1.29, 1.82) is 0 Å². The highest BCUT2D eigenvalue weighted by atomic mass is 79.9. The number of nitrogens with one attached hydrogen (secondary N) is 3. The average Bonchev–Trinajstić information content (AvgIpc) is 2.51. The second-order valence-electron chi connectivity index (χ2n) is 6.62. The van der Waals surface area contributed by atoms with Gasteiger partial charge in [0.05, 0.1) is 5.33 Å². The van der Waals surface area contributed by atoms with Crippen molar-refractivity contribution in [3.8, 4) is 0 Å². The van der Waals surface area contributed by atoms with Crippen LogP contribution in [0.2, 0.25) is 0 Å². The molecule has 0 aliphatic heterocycles. The minimum atomic E-state index is -1.14. The molecular weight excluding hydrogens is 410 g/mol. The fourth-order valence-corrected chi connectivity index (χ4v) is 2.06. The zero-order chi connectivity index (χ0) is 20.2. The first-order valence-electron chi connectivity index (χ1n) is 8.37. The summed E-state index contributed by atoms with van der Waals surface area (Å²) in [5.41, 5.74) is -0.703. The number of carbonyl (C=O) groups excluding carboxylic acids is 3. The SMILES string of the molecule is CC(C)(C)OC(=O)N[C@@H](CCCCNC(=O)CCNC(=O)CBr)C(=O)O. The summed E-state index contributed by atoms with van der Waals surface area (Å²) in [4.78, 5) is 45.4. The van der Waals surface area contributed by atoms with Crippen LogP contribution in [0.1, 0.15) is 46.5 Å². The van der Waals surface area contributed by atoms with Crippen LogP contribution >= 0.6 is 15.9 Å². The van der Waals surface area contributed by atoms with Crippen molar-refractivity contribution < 1.29 is 29.0 Å². The highest BCUT2D eigenvalue weighted by molar-refractivity contribution is 9.09. The Bertz CT molecular complexity index is 493. The van der Waals surface area contributed by atoms with Gasteiger partial charge in [0.15, 0.2) is 0 Å². The lowest BCUT2D eigenvalue weighted by Crippen LogP contribution is -2.43. The van der Waals surface area contributed by atoms with Crippen LogP contribution in [-0.2, 0) is 19.1 Å². The second kappa shape index (κ2) is 12.5. The van der Waals surface area contributed by atoms with Crippen LogP contribution in [-0.4, -0.2) is 59.0 Å². The van der Waals surface area contributed by atoms with Gasteiger partial charge < -0.3 is 25.8 Å². The van der Waals surface area contributed by atoms with E-state index in [1.807, 2.05) is 0 Å². The molecule has 4 N–H and O–H groups in total. The molecule has 9 nitrogen and oxygen atoms in total. The molecule has 0 saturated heterocycles. The van der Waals surface area contributed by atoms with Gasteiger partial charge in [-0.05, 0) is 40.0 Å². The molecule has 3 amide bonds. The lowest BCUT2D eigenvalue weighted by Gasteiger charge is -2.22. The molecule has 0 aromatic heterocycles. The van der Waals surface area contributed by atoms with E-state index in [9.17, 15) is 19.2 Å². The van der Waals surface area contributed by atoms with Gasteiger partial charge in [-0.1, -0.05) is 15.9 Å². The standard InChI is InChI=1S/C16H28BrN3O6/c1-16(2,3)26-15(25)20-11(14(23)24)6-4-5-8-18-12(21)7-9-19-13(22)10-17/h11H,4-10H2,1-3H3,(H,18,21)(H,19,22)(H,20,25)(H,23,24)/t11-/m0/s1. The summed E-state index contributed by atoms with van der Waals surface area (Å²) in [7, 11) is 0. The summed E-state index contributed by atoms with van der Waals surface area (Å²) in [6.07, 6.45) is 0.707. The molecule has 0 radical (unpaired) electrons. The van der Waals surface area contributed by atoms with Crippen molar-refractivity contribution in [2.45, 2.75) is 58.1 Å². The van der Waals surface area contributed by atoms with E-state index in [-0.39, 0.29) is 36.5 Å². The van der Waals surface area contributed by atoms with E-state index in [0.29, 0.717) is 19.4 Å². The van der Waals surface area contributed by atoms with E-state index >= 15 is 0 Å². The van der Waals surface area contributed by atoms with Crippen LogP contribution in [0.25, 0.3) is 0 Å². The maximum atomic E-state index is 11.6. The van der Waals surface area contributed by atoms with Gasteiger partial charge in [0.2, 0.25) is 11.8 Å². The van der Waals surface area contributed by atoms with Gasteiger partial charge in [-0.2, -0.15) is 0 Å². The van der Waals surface area contributed by atoms with Crippen molar-refractivity contribution in [2.24, 2.45) is 0 Å². The number of carboxylic acid groups (broad SMARTS) is 1. The Balaban J connectivity index is 3.96. The van der Waals surface area contributed by atoms with Crippen LogP contribution in [0, 0.1) is 0 Å². The minimum Gasteiger partial charge on any atom is -0.480 e. The Kier molecular flexibility index (Phi) is 11.6. The Morgan fingerprint density at radius 2 is 1.65 bits per heavy atom. The maximum absolute atomic E-state index is 11.6. The van der Waals surface area contributed by atoms with E-state index in [0.717, 1.165) is 0 Å². The molecule has 150 valence electrons. The Hall–Kier alpha value is -1.84. The second-order valence-corrected chi connectivity index (χ2v) is 7.18. The number of aliphatic carboxylic acids is 1. The molecule has 0 spiro atoms. The molecule has 0 aromatic rings. The van der Waals surface area contributed by atoms with Crippen molar-refractivity contribution in [2.75, 3.05) is 18.4 Å². The van der Waals surface area contributed by atoms with Gasteiger partial charge in [0.1, 0.15) is 11.6 Å². The smallest absolute Gasteiger partial charge is 0.408 e. The number of unbranched alkanes of at least 4 members (excludes halogenated alkanes) is 1. The van der Waals surface area contributed by atoms with Gasteiger partial charge in [0.25, 0.3) is 0 Å². The quantitative estimate of drug-likeness (QED) is 0.283. The third-order valence-corrected chi connectivity index (χ3v) is 3.54. The zero-order valence-corrected chi connectivity index (χ0v) is 17.0. The summed E-state index contributed by atoms with van der Waals surface area (Å²) in [5.74, 6) is -1.51. The van der Waals surface area contributed by atoms with E-state index in [2.05, 4.69) is 31.9 Å². The first kappa shape index (κ1) is 24.2. The Labute approximate surface area is 161 Å². The fourth-order valence-electron chi connectivity index (χ4n) is 1.86. The number of carbonyl (C=O) groups is 4. The van der Waals surface area contributed by atoms with Crippen molar-refractivity contribution >= 4 is 39.8 Å². The molecule has 26 heavy (non-hydrogen) atoms. The summed E-state index contributed by atoms with van der Waals surface area (Å²) in [6.45, 7) is 5.73. The topological polar surface area (TPSA) is 134 Å². The summed E-state index contributed by atoms with van der Waals surface area (Å²) in [6, 6.07) is -1.04. The van der Waals surface area contributed by atoms with E-state index in [1.165, 1.54) is 0 Å². The molecule has 0 rings (SSSR count). The van der Waals surface area contributed by atoms with Gasteiger partial charge in [-0.3, -0.25) is 9.59 Å². The number of amides is 3. The van der Waals surface area contributed by atoms with Crippen molar-refractivity contribution in [3.63, 3.8) is 0 Å². The predicted octanol–water partition coefficient (Wildman–Crippen LogP) is 1.15. The number of hydrogen-bond acceptors (Lipinski definition) is 5. The monoisotopic (exact) mass is 437 g/mol. The average molecular weight is 438 g/mol. The molecule has 0 aliphatic rings. The molecule has 0 aromatic carbocycles. The molecular formula is C16H28BrN3O6. The number of ether oxygens (including phenoxy) is 1. The Morgan fingerprint density at radius 3 is 2.19 bits per heavy atom. The van der Waals surface area contributed by atoms with Crippen LogP contribution in [0.4, 0.5) is 4.79 Å². The zero-order valence-electron chi connectivity index (χ0n) is 15.4. The maximum Gasteiger partial charge on any atom is 0.408 e. The third-order valence-electron chi connectivity index (χ3n) is 3.03. The normalized spacial score (nSPS) is 12.0. The fraction of sp³-hybridized carbons (Fsp3) is 0.750. The molecule has 1 atom stereocenters. The van der Waals surface area contributed by atoms with Gasteiger partial charge in [-0.15, -0.1) is 0 Å². The number of halogens is 1. The van der Waals surface area contributed by atoms with E-state index in [4.69, 9.17) is 9.84 Å². The van der Waals surface area contributed by atoms with Crippen molar-refractivity contribution in [1.82, 2.24) is 16.0 Å². The van der Waals surface area contributed by atoms with Crippen LogP contribution < -0.4 is 16.0 Å². The number of hydrogen-bond donors (Lipinski definition) is 4. The number of alkyl carbamates (subject to hydrolysis) is 1. The molecule has 0 bridgehead atoms.